The molecule has 0 saturated carbocycles. The van der Waals surface area contributed by atoms with Gasteiger partial charge in [0.25, 0.3) is 5.91 Å². The van der Waals surface area contributed by atoms with Crippen LogP contribution < -0.4 is 5.32 Å². The van der Waals surface area contributed by atoms with Crippen molar-refractivity contribution in [2.45, 2.75) is 39.2 Å². The van der Waals surface area contributed by atoms with Gasteiger partial charge in [0.2, 0.25) is 0 Å². The number of rotatable bonds is 3. The van der Waals surface area contributed by atoms with Crippen molar-refractivity contribution in [3.05, 3.63) is 59.4 Å². The van der Waals surface area contributed by atoms with Gasteiger partial charge < -0.3 is 10.2 Å². The van der Waals surface area contributed by atoms with Crippen molar-refractivity contribution in [2.24, 2.45) is 9.98 Å². The Morgan fingerprint density at radius 3 is 3.00 bits per heavy atom. The Morgan fingerprint density at radius 2 is 2.13 bits per heavy atom. The fraction of sp³-hybridized carbons (Fsp3) is 0.458. The van der Waals surface area contributed by atoms with E-state index in [-0.39, 0.29) is 11.9 Å². The van der Waals surface area contributed by atoms with Crippen molar-refractivity contribution in [2.75, 3.05) is 32.8 Å². The van der Waals surface area contributed by atoms with E-state index in [9.17, 15) is 4.79 Å². The Hall–Kier alpha value is -2.73. The molecule has 4 aliphatic rings. The number of amidine groups is 1. The Kier molecular flexibility index (Phi) is 6.13. The lowest BCUT2D eigenvalue weighted by atomic mass is 9.90. The number of aliphatic imine (C=N–C) groups is 2. The van der Waals surface area contributed by atoms with Crippen LogP contribution in [0.2, 0.25) is 0 Å². The van der Waals surface area contributed by atoms with E-state index in [0.717, 1.165) is 62.5 Å². The normalized spacial score (nSPS) is 25.2. The fourth-order valence-corrected chi connectivity index (χ4v) is 4.34. The number of fused-ring (bicyclic) bond motifs is 2. The van der Waals surface area contributed by atoms with Gasteiger partial charge in [0.05, 0.1) is 11.7 Å². The minimum absolute atomic E-state index is 0.127. The summed E-state index contributed by atoms with van der Waals surface area (Å²) in [6.07, 6.45) is 13.8. The molecule has 1 unspecified atom stereocenters. The molecule has 1 atom stereocenters. The minimum atomic E-state index is -0.127. The summed E-state index contributed by atoms with van der Waals surface area (Å²) in [5.41, 5.74) is 5.16. The van der Waals surface area contributed by atoms with E-state index in [1.807, 2.05) is 0 Å². The van der Waals surface area contributed by atoms with Crippen LogP contribution in [-0.2, 0) is 4.79 Å². The molecular weight excluding hydrogens is 374 g/mol. The van der Waals surface area contributed by atoms with Crippen molar-refractivity contribution in [1.29, 1.82) is 0 Å². The second kappa shape index (κ2) is 8.96. The molecule has 0 saturated heterocycles. The predicted molar refractivity (Wildman–Crippen MR) is 123 cm³/mol. The van der Waals surface area contributed by atoms with E-state index in [1.165, 1.54) is 11.1 Å². The predicted octanol–water partition coefficient (Wildman–Crippen LogP) is 2.99. The molecule has 0 fully saturated rings. The molecule has 0 bridgehead atoms. The summed E-state index contributed by atoms with van der Waals surface area (Å²) in [4.78, 5) is 26.6. The lowest BCUT2D eigenvalue weighted by Gasteiger charge is -2.42. The van der Waals surface area contributed by atoms with E-state index in [2.05, 4.69) is 70.9 Å². The van der Waals surface area contributed by atoms with Crippen LogP contribution in [0, 0.1) is 0 Å². The van der Waals surface area contributed by atoms with Crippen LogP contribution >= 0.6 is 0 Å². The second-order valence-corrected chi connectivity index (χ2v) is 8.42. The van der Waals surface area contributed by atoms with Gasteiger partial charge in [-0.1, -0.05) is 42.0 Å². The van der Waals surface area contributed by atoms with E-state index in [1.54, 1.807) is 0 Å². The molecule has 3 aliphatic heterocycles. The van der Waals surface area contributed by atoms with Crippen LogP contribution in [0.4, 0.5) is 0 Å². The highest BCUT2D eigenvalue weighted by Crippen LogP contribution is 2.32. The van der Waals surface area contributed by atoms with Gasteiger partial charge in [-0.15, -0.1) is 0 Å². The summed E-state index contributed by atoms with van der Waals surface area (Å²) in [6, 6.07) is 0.147. The third-order valence-electron chi connectivity index (χ3n) is 6.17. The molecule has 0 aromatic carbocycles. The van der Waals surface area contributed by atoms with Crippen molar-refractivity contribution in [3.8, 4) is 0 Å². The van der Waals surface area contributed by atoms with Crippen LogP contribution in [0.15, 0.2) is 69.4 Å². The highest BCUT2D eigenvalue weighted by molar-refractivity contribution is 6.67. The van der Waals surface area contributed by atoms with Crippen LogP contribution in [0.1, 0.15) is 33.1 Å². The Morgan fingerprint density at radius 1 is 1.27 bits per heavy atom. The zero-order valence-electron chi connectivity index (χ0n) is 18.0. The summed E-state index contributed by atoms with van der Waals surface area (Å²) in [7, 11) is 0. The first-order chi connectivity index (χ1) is 14.5. The maximum absolute atomic E-state index is 12.5. The van der Waals surface area contributed by atoms with E-state index in [0.29, 0.717) is 12.4 Å². The second-order valence-electron chi connectivity index (χ2n) is 8.42. The van der Waals surface area contributed by atoms with Crippen LogP contribution in [0.25, 0.3) is 0 Å². The third-order valence-corrected chi connectivity index (χ3v) is 6.17. The number of amides is 1. The molecule has 158 valence electrons. The van der Waals surface area contributed by atoms with E-state index in [4.69, 9.17) is 4.99 Å². The van der Waals surface area contributed by atoms with Crippen LogP contribution in [0.5, 0.6) is 0 Å². The molecular formula is C24H31N5O. The minimum Gasteiger partial charge on any atom is -0.345 e. The summed E-state index contributed by atoms with van der Waals surface area (Å²) >= 11 is 0. The standard InChI is InChI=1S/C24H31N5O/c1-17-9-7-5-4-6-8-10-28(15-17)11-12-29-21-14-19(3)18(2)13-20(21)27-22-23(29)25-16-26-24(22)30/h4-5,7,9,13,21H,1,6,8,10-12,14-16H2,2-3H3,(H,26,30). The summed E-state index contributed by atoms with van der Waals surface area (Å²) in [5, 5.41) is 2.80. The number of hydrogen-bond donors (Lipinski definition) is 1. The van der Waals surface area contributed by atoms with Crippen molar-refractivity contribution < 1.29 is 4.79 Å². The van der Waals surface area contributed by atoms with Crippen molar-refractivity contribution in [3.63, 3.8) is 0 Å². The summed E-state index contributed by atoms with van der Waals surface area (Å²) < 4.78 is 0. The first-order valence-electron chi connectivity index (χ1n) is 10.8. The number of carbonyl (C=O) groups is 1. The SMILES string of the molecule is C=C1C=CC=CCCCN(CCN2C3=NCNC(=O)C3=NC3=CC(C)=C(C)CC32)C1. The molecule has 0 spiro atoms. The first-order valence-corrected chi connectivity index (χ1v) is 10.8. The van der Waals surface area contributed by atoms with Gasteiger partial charge in [0.15, 0.2) is 11.5 Å². The smallest absolute Gasteiger partial charge is 0.275 e. The average molecular weight is 406 g/mol. The molecule has 6 nitrogen and oxygen atoms in total. The maximum Gasteiger partial charge on any atom is 0.275 e. The Balaban J connectivity index is 1.55. The monoisotopic (exact) mass is 405 g/mol. The van der Waals surface area contributed by atoms with Gasteiger partial charge in [-0.2, -0.15) is 0 Å². The molecule has 1 N–H and O–H groups in total. The summed E-state index contributed by atoms with van der Waals surface area (Å²) in [5.74, 6) is 0.619. The van der Waals surface area contributed by atoms with Gasteiger partial charge in [0.1, 0.15) is 6.67 Å². The van der Waals surface area contributed by atoms with Crippen molar-refractivity contribution >= 4 is 17.5 Å². The van der Waals surface area contributed by atoms with Gasteiger partial charge in [0, 0.05) is 19.6 Å². The first kappa shape index (κ1) is 20.5. The molecule has 3 heterocycles. The summed E-state index contributed by atoms with van der Waals surface area (Å²) in [6.45, 7) is 12.4. The van der Waals surface area contributed by atoms with E-state index >= 15 is 0 Å². The zero-order valence-corrected chi connectivity index (χ0v) is 18.0. The quantitative estimate of drug-likeness (QED) is 0.785. The largest absolute Gasteiger partial charge is 0.345 e. The Bertz CT molecular complexity index is 918. The molecule has 30 heavy (non-hydrogen) atoms. The number of nitrogens with one attached hydrogen (secondary N) is 1. The molecule has 1 amide bonds. The molecule has 6 heteroatoms. The molecule has 0 aromatic rings. The highest BCUT2D eigenvalue weighted by atomic mass is 16.2. The number of nitrogens with zero attached hydrogens (tertiary/aromatic N) is 4. The van der Waals surface area contributed by atoms with Gasteiger partial charge in [-0.05, 0) is 51.3 Å². The lowest BCUT2D eigenvalue weighted by Crippen LogP contribution is -2.57. The van der Waals surface area contributed by atoms with Crippen LogP contribution in [-0.4, -0.2) is 66.1 Å². The van der Waals surface area contributed by atoms with Gasteiger partial charge in [-0.25, -0.2) is 9.98 Å². The topological polar surface area (TPSA) is 60.3 Å². The van der Waals surface area contributed by atoms with Gasteiger partial charge in [-0.3, -0.25) is 9.69 Å². The Labute approximate surface area is 179 Å². The van der Waals surface area contributed by atoms with E-state index < -0.39 is 0 Å². The molecule has 1 aliphatic carbocycles. The molecule has 0 radical (unpaired) electrons. The fourth-order valence-electron chi connectivity index (χ4n) is 4.34. The van der Waals surface area contributed by atoms with Crippen molar-refractivity contribution in [1.82, 2.24) is 15.1 Å². The highest BCUT2D eigenvalue weighted by Gasteiger charge is 2.38. The lowest BCUT2D eigenvalue weighted by molar-refractivity contribution is -0.114. The molecule has 0 aromatic heterocycles. The van der Waals surface area contributed by atoms with Crippen LogP contribution in [0.3, 0.4) is 0 Å². The van der Waals surface area contributed by atoms with Gasteiger partial charge >= 0.3 is 0 Å². The third kappa shape index (κ3) is 4.38. The number of hydrogen-bond acceptors (Lipinski definition) is 5. The number of carbonyl (C=O) groups excluding carboxylic acids is 1. The maximum atomic E-state index is 12.5. The zero-order chi connectivity index (χ0) is 21.1. The average Bonchev–Trinajstić information content (AvgIpc) is 2.72. The molecule has 4 rings (SSSR count). The number of allylic oxidation sites excluding steroid dienone is 5.